The fraction of sp³-hybridized carbons (Fsp3) is 0. The van der Waals surface area contributed by atoms with Crippen LogP contribution in [0.1, 0.15) is 0 Å². The third-order valence-electron chi connectivity index (χ3n) is 13.1. The van der Waals surface area contributed by atoms with Gasteiger partial charge in [-0.3, -0.25) is 0 Å². The van der Waals surface area contributed by atoms with E-state index in [0.29, 0.717) is 0 Å². The SMILES string of the molecule is c1cc(-c2ccc(N(c3ccc(-c4cccc5c4sc4ccccc45)cc3)c3ccccc3-c3ccc4oc5cc6ccccc6cc5c4c3)cc2)cc(-c2cccc3ccccc23)c1. The van der Waals surface area contributed by atoms with Crippen LogP contribution in [0.5, 0.6) is 0 Å². The van der Waals surface area contributed by atoms with Crippen LogP contribution < -0.4 is 4.90 Å². The van der Waals surface area contributed by atoms with Gasteiger partial charge in [-0.05, 0) is 127 Å². The van der Waals surface area contributed by atoms with Crippen LogP contribution in [-0.4, -0.2) is 0 Å². The minimum atomic E-state index is 0.887. The van der Waals surface area contributed by atoms with Gasteiger partial charge in [-0.2, -0.15) is 0 Å². The summed E-state index contributed by atoms with van der Waals surface area (Å²) in [6.07, 6.45) is 0. The van der Waals surface area contributed by atoms with Gasteiger partial charge >= 0.3 is 0 Å². The van der Waals surface area contributed by atoms with E-state index >= 15 is 0 Å². The molecule has 2 aromatic heterocycles. The Kier molecular flexibility index (Phi) is 8.75. The van der Waals surface area contributed by atoms with Crippen molar-refractivity contribution >= 4 is 92.1 Å². The molecule has 0 saturated carbocycles. The third-order valence-corrected chi connectivity index (χ3v) is 14.3. The first kappa shape index (κ1) is 37.3. The average molecular weight is 846 g/mol. The van der Waals surface area contributed by atoms with Crippen molar-refractivity contribution in [1.29, 1.82) is 0 Å². The zero-order chi connectivity index (χ0) is 42.8. The van der Waals surface area contributed by atoms with Crippen molar-refractivity contribution < 1.29 is 4.42 Å². The van der Waals surface area contributed by atoms with Crippen molar-refractivity contribution in [3.05, 3.63) is 237 Å². The second kappa shape index (κ2) is 15.2. The van der Waals surface area contributed by atoms with Crippen molar-refractivity contribution in [2.75, 3.05) is 4.90 Å². The summed E-state index contributed by atoms with van der Waals surface area (Å²) in [4.78, 5) is 2.40. The van der Waals surface area contributed by atoms with Gasteiger partial charge in [0.05, 0.1) is 5.69 Å². The molecule has 2 nitrogen and oxygen atoms in total. The number of nitrogens with zero attached hydrogens (tertiary/aromatic N) is 1. The minimum Gasteiger partial charge on any atom is -0.456 e. The average Bonchev–Trinajstić information content (AvgIpc) is 3.94. The Bertz CT molecular complexity index is 3950. The van der Waals surface area contributed by atoms with E-state index in [1.165, 1.54) is 75.1 Å². The highest BCUT2D eigenvalue weighted by Crippen LogP contribution is 2.45. The summed E-state index contributed by atoms with van der Waals surface area (Å²) in [5, 5.41) is 9.74. The Morgan fingerprint density at radius 1 is 0.308 bits per heavy atom. The molecular weight excluding hydrogens is 807 g/mol. The maximum atomic E-state index is 6.45. The van der Waals surface area contributed by atoms with E-state index in [-0.39, 0.29) is 0 Å². The Morgan fingerprint density at radius 2 is 0.877 bits per heavy atom. The molecule has 0 unspecified atom stereocenters. The van der Waals surface area contributed by atoms with Gasteiger partial charge in [0.15, 0.2) is 0 Å². The number of furan rings is 1. The highest BCUT2D eigenvalue weighted by molar-refractivity contribution is 7.26. The van der Waals surface area contributed by atoms with E-state index in [1.54, 1.807) is 0 Å². The van der Waals surface area contributed by atoms with E-state index in [1.807, 2.05) is 11.3 Å². The second-order valence-electron chi connectivity index (χ2n) is 16.8. The predicted octanol–water partition coefficient (Wildman–Crippen LogP) is 18.4. The second-order valence-corrected chi connectivity index (χ2v) is 17.9. The van der Waals surface area contributed by atoms with Gasteiger partial charge in [0.1, 0.15) is 11.2 Å². The lowest BCUT2D eigenvalue weighted by molar-refractivity contribution is 0.669. The molecule has 13 rings (SSSR count). The largest absolute Gasteiger partial charge is 0.456 e. The smallest absolute Gasteiger partial charge is 0.136 e. The Labute approximate surface area is 380 Å². The fourth-order valence-electron chi connectivity index (χ4n) is 9.88. The van der Waals surface area contributed by atoms with Crippen LogP contribution in [0, 0.1) is 0 Å². The fourth-order valence-corrected chi connectivity index (χ4v) is 11.1. The number of anilines is 3. The molecular formula is C62H39NOS. The van der Waals surface area contributed by atoms with Gasteiger partial charge in [-0.1, -0.05) is 170 Å². The van der Waals surface area contributed by atoms with E-state index in [2.05, 4.69) is 241 Å². The van der Waals surface area contributed by atoms with Gasteiger partial charge in [-0.15, -0.1) is 11.3 Å². The van der Waals surface area contributed by atoms with Crippen molar-refractivity contribution in [1.82, 2.24) is 0 Å². The van der Waals surface area contributed by atoms with Gasteiger partial charge in [0.25, 0.3) is 0 Å². The predicted molar refractivity (Wildman–Crippen MR) is 278 cm³/mol. The quantitative estimate of drug-likeness (QED) is 0.159. The summed E-state index contributed by atoms with van der Waals surface area (Å²) in [5.41, 5.74) is 14.6. The molecule has 0 N–H and O–H groups in total. The number of rotatable bonds is 7. The highest BCUT2D eigenvalue weighted by atomic mass is 32.1. The minimum absolute atomic E-state index is 0.887. The van der Waals surface area contributed by atoms with Gasteiger partial charge in [0.2, 0.25) is 0 Å². The molecule has 13 aromatic rings. The lowest BCUT2D eigenvalue weighted by Gasteiger charge is -2.28. The number of hydrogen-bond donors (Lipinski definition) is 0. The van der Waals surface area contributed by atoms with Gasteiger partial charge in [0, 0.05) is 47.9 Å². The zero-order valence-corrected chi connectivity index (χ0v) is 36.1. The molecule has 0 spiro atoms. The third kappa shape index (κ3) is 6.39. The van der Waals surface area contributed by atoms with Crippen LogP contribution in [0.3, 0.4) is 0 Å². The van der Waals surface area contributed by atoms with Crippen molar-refractivity contribution in [3.8, 4) is 44.5 Å². The monoisotopic (exact) mass is 845 g/mol. The standard InChI is InChI=1S/C62H39NOS/c1-2-14-45-39-60-57(37-44(45)13-1)56-38-47(30-35-59(56)64-60)52-19-5-7-24-58(52)63(49-33-28-42(29-34-49)53-22-11-23-55-54-20-6-8-25-61(54)65-62(53)55)48-31-26-40(27-32-48)43-16-9-17-46(36-43)51-21-10-15-41-12-3-4-18-50(41)51/h1-39H. The molecule has 2 heterocycles. The first-order valence-corrected chi connectivity index (χ1v) is 23.0. The first-order chi connectivity index (χ1) is 32.2. The van der Waals surface area contributed by atoms with Crippen molar-refractivity contribution in [2.45, 2.75) is 0 Å². The van der Waals surface area contributed by atoms with E-state index in [0.717, 1.165) is 50.1 Å². The molecule has 0 aliphatic carbocycles. The number of para-hydroxylation sites is 1. The zero-order valence-electron chi connectivity index (χ0n) is 35.3. The van der Waals surface area contributed by atoms with Crippen LogP contribution >= 0.6 is 11.3 Å². The maximum absolute atomic E-state index is 6.45. The molecule has 0 atom stereocenters. The topological polar surface area (TPSA) is 16.4 Å². The Balaban J connectivity index is 0.934. The van der Waals surface area contributed by atoms with Crippen LogP contribution in [0.2, 0.25) is 0 Å². The van der Waals surface area contributed by atoms with Crippen LogP contribution in [0.25, 0.3) is 108 Å². The van der Waals surface area contributed by atoms with Crippen LogP contribution in [-0.2, 0) is 0 Å². The molecule has 0 saturated heterocycles. The first-order valence-electron chi connectivity index (χ1n) is 22.1. The van der Waals surface area contributed by atoms with E-state index in [9.17, 15) is 0 Å². The molecule has 0 bridgehead atoms. The van der Waals surface area contributed by atoms with Crippen LogP contribution in [0.15, 0.2) is 241 Å². The van der Waals surface area contributed by atoms with Crippen molar-refractivity contribution in [3.63, 3.8) is 0 Å². The number of fused-ring (bicyclic) bond motifs is 8. The lowest BCUT2D eigenvalue weighted by atomic mass is 9.95. The molecule has 0 radical (unpaired) electrons. The molecule has 65 heavy (non-hydrogen) atoms. The summed E-state index contributed by atoms with van der Waals surface area (Å²) in [5.74, 6) is 0. The lowest BCUT2D eigenvalue weighted by Crippen LogP contribution is -2.11. The molecule has 0 aliphatic rings. The summed E-state index contributed by atoms with van der Waals surface area (Å²) < 4.78 is 9.08. The number of hydrogen-bond acceptors (Lipinski definition) is 3. The van der Waals surface area contributed by atoms with Gasteiger partial charge < -0.3 is 9.32 Å². The van der Waals surface area contributed by atoms with Gasteiger partial charge in [-0.25, -0.2) is 0 Å². The number of thiophene rings is 1. The summed E-state index contributed by atoms with van der Waals surface area (Å²) >= 11 is 1.87. The normalized spacial score (nSPS) is 11.7. The molecule has 3 heteroatoms. The van der Waals surface area contributed by atoms with E-state index in [4.69, 9.17) is 4.42 Å². The molecule has 0 fully saturated rings. The highest BCUT2D eigenvalue weighted by Gasteiger charge is 2.20. The molecule has 304 valence electrons. The van der Waals surface area contributed by atoms with E-state index < -0.39 is 0 Å². The Hall–Kier alpha value is -8.24. The molecule has 11 aromatic carbocycles. The summed E-state index contributed by atoms with van der Waals surface area (Å²) in [7, 11) is 0. The van der Waals surface area contributed by atoms with Crippen molar-refractivity contribution in [2.24, 2.45) is 0 Å². The summed E-state index contributed by atoms with van der Waals surface area (Å²) in [6, 6.07) is 86.0. The number of benzene rings is 11. The maximum Gasteiger partial charge on any atom is 0.136 e. The molecule has 0 amide bonds. The summed E-state index contributed by atoms with van der Waals surface area (Å²) in [6.45, 7) is 0. The van der Waals surface area contributed by atoms with Crippen LogP contribution in [0.4, 0.5) is 17.1 Å². The molecule has 0 aliphatic heterocycles. The Morgan fingerprint density at radius 3 is 1.72 bits per heavy atom.